The van der Waals surface area contributed by atoms with E-state index in [2.05, 4.69) is 11.4 Å². The summed E-state index contributed by atoms with van der Waals surface area (Å²) in [5, 5.41) is 13.1. The zero-order valence-corrected chi connectivity index (χ0v) is 9.87. The van der Waals surface area contributed by atoms with E-state index in [1.807, 2.05) is 24.3 Å². The zero-order chi connectivity index (χ0) is 11.4. The van der Waals surface area contributed by atoms with Crippen molar-refractivity contribution in [1.82, 2.24) is 0 Å². The number of benzene rings is 1. The molecule has 1 fully saturated rings. The number of rotatable bonds is 3. The van der Waals surface area contributed by atoms with Gasteiger partial charge in [0.2, 0.25) is 0 Å². The molecule has 1 aliphatic carbocycles. The summed E-state index contributed by atoms with van der Waals surface area (Å²) in [5.74, 6) is 0.473. The van der Waals surface area contributed by atoms with Gasteiger partial charge in [-0.05, 0) is 30.9 Å². The number of halogens is 1. The lowest BCUT2D eigenvalue weighted by Gasteiger charge is -2.19. The monoisotopic (exact) mass is 234 g/mol. The Labute approximate surface area is 101 Å². The fourth-order valence-electron chi connectivity index (χ4n) is 2.29. The van der Waals surface area contributed by atoms with Gasteiger partial charge >= 0.3 is 0 Å². The topological polar surface area (TPSA) is 35.8 Å². The minimum atomic E-state index is -0.109. The van der Waals surface area contributed by atoms with E-state index < -0.39 is 0 Å². The van der Waals surface area contributed by atoms with Gasteiger partial charge in [-0.25, -0.2) is 0 Å². The summed E-state index contributed by atoms with van der Waals surface area (Å²) < 4.78 is 0. The molecule has 0 bridgehead atoms. The summed E-state index contributed by atoms with van der Waals surface area (Å²) in [5.41, 5.74) is 0.864. The molecular formula is C13H15ClN2. The number of anilines is 1. The van der Waals surface area contributed by atoms with Gasteiger partial charge < -0.3 is 5.32 Å². The molecule has 1 saturated carbocycles. The van der Waals surface area contributed by atoms with E-state index >= 15 is 0 Å². The highest BCUT2D eigenvalue weighted by Gasteiger charge is 2.24. The molecule has 1 atom stereocenters. The number of nitrogens with one attached hydrogen (secondary N) is 1. The number of para-hydroxylation sites is 1. The molecule has 1 N–H and O–H groups in total. The molecule has 0 heterocycles. The molecule has 84 valence electrons. The third kappa shape index (κ3) is 2.48. The molecule has 1 aliphatic rings. The van der Waals surface area contributed by atoms with Crippen LogP contribution in [0.25, 0.3) is 0 Å². The average Bonchev–Trinajstić information content (AvgIpc) is 2.81. The molecule has 3 heteroatoms. The Bertz CT molecular complexity index is 391. The first kappa shape index (κ1) is 11.3. The maximum Gasteiger partial charge on any atom is 0.117 e. The van der Waals surface area contributed by atoms with Crippen LogP contribution in [0.15, 0.2) is 24.3 Å². The fourth-order valence-corrected chi connectivity index (χ4v) is 2.48. The van der Waals surface area contributed by atoms with E-state index in [-0.39, 0.29) is 6.04 Å². The van der Waals surface area contributed by atoms with Crippen LogP contribution in [0.3, 0.4) is 0 Å². The molecule has 0 aromatic heterocycles. The summed E-state index contributed by atoms with van der Waals surface area (Å²) in [7, 11) is 0. The van der Waals surface area contributed by atoms with Crippen LogP contribution in [0.5, 0.6) is 0 Å². The second-order valence-electron chi connectivity index (χ2n) is 4.28. The Morgan fingerprint density at radius 2 is 2.00 bits per heavy atom. The molecule has 1 aromatic carbocycles. The normalized spacial score (nSPS) is 18.0. The van der Waals surface area contributed by atoms with Crippen LogP contribution in [-0.4, -0.2) is 6.04 Å². The van der Waals surface area contributed by atoms with Crippen molar-refractivity contribution in [3.05, 3.63) is 29.3 Å². The molecule has 2 rings (SSSR count). The van der Waals surface area contributed by atoms with Gasteiger partial charge in [0.15, 0.2) is 0 Å². The average molecular weight is 235 g/mol. The van der Waals surface area contributed by atoms with Gasteiger partial charge in [0, 0.05) is 0 Å². The van der Waals surface area contributed by atoms with Gasteiger partial charge in [-0.1, -0.05) is 36.6 Å². The Morgan fingerprint density at radius 3 is 2.62 bits per heavy atom. The first-order chi connectivity index (χ1) is 7.81. The molecule has 1 unspecified atom stereocenters. The molecular weight excluding hydrogens is 220 g/mol. The lowest BCUT2D eigenvalue weighted by molar-refractivity contribution is 0.520. The molecule has 0 radical (unpaired) electrons. The highest BCUT2D eigenvalue weighted by Crippen LogP contribution is 2.30. The van der Waals surface area contributed by atoms with Gasteiger partial charge in [0.05, 0.1) is 16.8 Å². The Balaban J connectivity index is 2.07. The second-order valence-corrected chi connectivity index (χ2v) is 4.68. The van der Waals surface area contributed by atoms with Gasteiger partial charge in [-0.15, -0.1) is 0 Å². The molecule has 0 amide bonds. The van der Waals surface area contributed by atoms with E-state index in [9.17, 15) is 5.26 Å². The minimum absolute atomic E-state index is 0.109. The maximum absolute atomic E-state index is 9.18. The summed E-state index contributed by atoms with van der Waals surface area (Å²) in [4.78, 5) is 0. The molecule has 0 aliphatic heterocycles. The van der Waals surface area contributed by atoms with E-state index in [0.29, 0.717) is 10.9 Å². The van der Waals surface area contributed by atoms with Crippen LogP contribution in [-0.2, 0) is 0 Å². The third-order valence-electron chi connectivity index (χ3n) is 3.20. The predicted octanol–water partition coefficient (Wildman–Crippen LogP) is 3.83. The van der Waals surface area contributed by atoms with Crippen molar-refractivity contribution in [2.45, 2.75) is 31.7 Å². The highest BCUT2D eigenvalue weighted by atomic mass is 35.5. The Hall–Kier alpha value is -1.20. The van der Waals surface area contributed by atoms with E-state index in [1.165, 1.54) is 12.8 Å². The van der Waals surface area contributed by atoms with Crippen molar-refractivity contribution in [3.63, 3.8) is 0 Å². The third-order valence-corrected chi connectivity index (χ3v) is 3.52. The summed E-state index contributed by atoms with van der Waals surface area (Å²) >= 11 is 6.06. The second kappa shape index (κ2) is 5.23. The first-order valence-corrected chi connectivity index (χ1v) is 6.10. The minimum Gasteiger partial charge on any atom is -0.368 e. The molecule has 2 nitrogen and oxygen atoms in total. The molecule has 0 spiro atoms. The van der Waals surface area contributed by atoms with E-state index in [0.717, 1.165) is 18.5 Å². The predicted molar refractivity (Wildman–Crippen MR) is 66.4 cm³/mol. The Kier molecular flexibility index (Phi) is 3.69. The maximum atomic E-state index is 9.18. The van der Waals surface area contributed by atoms with Gasteiger partial charge in [-0.2, -0.15) is 5.26 Å². The lowest BCUT2D eigenvalue weighted by Crippen LogP contribution is -2.25. The lowest BCUT2D eigenvalue weighted by atomic mass is 9.99. The summed E-state index contributed by atoms with van der Waals surface area (Å²) in [6.45, 7) is 0. The van der Waals surface area contributed by atoms with Crippen LogP contribution in [0.4, 0.5) is 5.69 Å². The van der Waals surface area contributed by atoms with Crippen molar-refractivity contribution >= 4 is 17.3 Å². The van der Waals surface area contributed by atoms with Crippen LogP contribution < -0.4 is 5.32 Å². The fraction of sp³-hybridized carbons (Fsp3) is 0.462. The van der Waals surface area contributed by atoms with E-state index in [4.69, 9.17) is 11.6 Å². The highest BCUT2D eigenvalue weighted by molar-refractivity contribution is 6.33. The van der Waals surface area contributed by atoms with Crippen molar-refractivity contribution in [2.75, 3.05) is 5.32 Å². The van der Waals surface area contributed by atoms with Crippen molar-refractivity contribution in [1.29, 1.82) is 5.26 Å². The van der Waals surface area contributed by atoms with Gasteiger partial charge in [0.1, 0.15) is 6.04 Å². The van der Waals surface area contributed by atoms with Crippen LogP contribution >= 0.6 is 11.6 Å². The van der Waals surface area contributed by atoms with Crippen molar-refractivity contribution in [2.24, 2.45) is 5.92 Å². The number of nitrogens with zero attached hydrogens (tertiary/aromatic N) is 1. The van der Waals surface area contributed by atoms with Crippen LogP contribution in [0, 0.1) is 17.2 Å². The summed E-state index contributed by atoms with van der Waals surface area (Å²) in [6.07, 6.45) is 4.78. The summed E-state index contributed by atoms with van der Waals surface area (Å²) in [6, 6.07) is 9.82. The van der Waals surface area contributed by atoms with Crippen LogP contribution in [0.1, 0.15) is 25.7 Å². The SMILES string of the molecule is N#CC(Nc1ccccc1Cl)C1CCCC1. The van der Waals surface area contributed by atoms with E-state index in [1.54, 1.807) is 0 Å². The standard InChI is InChI=1S/C13H15ClN2/c14-11-7-3-4-8-12(11)16-13(9-15)10-5-1-2-6-10/h3-4,7-8,10,13,16H,1-2,5-6H2. The molecule has 16 heavy (non-hydrogen) atoms. The largest absolute Gasteiger partial charge is 0.368 e. The van der Waals surface area contributed by atoms with Gasteiger partial charge in [0.25, 0.3) is 0 Å². The molecule has 1 aromatic rings. The van der Waals surface area contributed by atoms with Gasteiger partial charge in [-0.3, -0.25) is 0 Å². The number of hydrogen-bond donors (Lipinski definition) is 1. The number of hydrogen-bond acceptors (Lipinski definition) is 2. The molecule has 0 saturated heterocycles. The Morgan fingerprint density at radius 1 is 1.31 bits per heavy atom. The van der Waals surface area contributed by atoms with Crippen LogP contribution in [0.2, 0.25) is 5.02 Å². The zero-order valence-electron chi connectivity index (χ0n) is 9.12. The van der Waals surface area contributed by atoms with Crippen molar-refractivity contribution < 1.29 is 0 Å². The smallest absolute Gasteiger partial charge is 0.117 e. The number of nitriles is 1. The van der Waals surface area contributed by atoms with Crippen molar-refractivity contribution in [3.8, 4) is 6.07 Å². The quantitative estimate of drug-likeness (QED) is 0.863. The first-order valence-electron chi connectivity index (χ1n) is 5.72.